The summed E-state index contributed by atoms with van der Waals surface area (Å²) < 4.78 is 16.3. The largest absolute Gasteiger partial charge is 0.492 e. The van der Waals surface area contributed by atoms with Crippen LogP contribution in [0.3, 0.4) is 0 Å². The lowest BCUT2D eigenvalue weighted by molar-refractivity contribution is 0.173. The fraction of sp³-hybridized carbons (Fsp3) is 0.562. The predicted molar refractivity (Wildman–Crippen MR) is 86.9 cm³/mol. The lowest BCUT2D eigenvalue weighted by atomic mass is 10.1. The Kier molecular flexibility index (Phi) is 5.75. The van der Waals surface area contributed by atoms with Gasteiger partial charge in [0.05, 0.1) is 6.54 Å². The van der Waals surface area contributed by atoms with Crippen LogP contribution in [0.1, 0.15) is 20.8 Å². The average molecular weight is 307 g/mol. The molecule has 2 N–H and O–H groups in total. The molecule has 0 radical (unpaired) electrons. The van der Waals surface area contributed by atoms with Crippen LogP contribution >= 0.6 is 0 Å². The topological polar surface area (TPSA) is 64.1 Å². The maximum absolute atomic E-state index is 5.70. The molecule has 0 saturated carbocycles. The Morgan fingerprint density at radius 2 is 2.05 bits per heavy atom. The van der Waals surface area contributed by atoms with Crippen molar-refractivity contribution in [3.05, 3.63) is 18.2 Å². The van der Waals surface area contributed by atoms with Crippen LogP contribution in [0.4, 0.5) is 0 Å². The van der Waals surface area contributed by atoms with Crippen molar-refractivity contribution in [2.45, 2.75) is 26.8 Å². The zero-order chi connectivity index (χ0) is 15.9. The molecule has 1 aliphatic heterocycles. The molecule has 22 heavy (non-hydrogen) atoms. The van der Waals surface area contributed by atoms with Gasteiger partial charge in [0.15, 0.2) is 17.5 Å². The number of hydrogen-bond donors (Lipinski definition) is 2. The van der Waals surface area contributed by atoms with Gasteiger partial charge in [-0.2, -0.15) is 0 Å². The number of aliphatic imine (C=N–C) groups is 1. The molecule has 1 atom stereocenters. The van der Waals surface area contributed by atoms with Crippen molar-refractivity contribution in [2.24, 2.45) is 10.9 Å². The fourth-order valence-corrected chi connectivity index (χ4v) is 1.88. The highest BCUT2D eigenvalue weighted by Crippen LogP contribution is 2.34. The highest BCUT2D eigenvalue weighted by atomic mass is 16.7. The summed E-state index contributed by atoms with van der Waals surface area (Å²) in [5, 5.41) is 6.58. The lowest BCUT2D eigenvalue weighted by Gasteiger charge is -2.20. The van der Waals surface area contributed by atoms with E-state index in [9.17, 15) is 0 Å². The van der Waals surface area contributed by atoms with Gasteiger partial charge >= 0.3 is 0 Å². The van der Waals surface area contributed by atoms with E-state index in [0.717, 1.165) is 23.2 Å². The van der Waals surface area contributed by atoms with Crippen molar-refractivity contribution in [1.82, 2.24) is 10.6 Å². The van der Waals surface area contributed by atoms with Crippen molar-refractivity contribution in [3.8, 4) is 17.2 Å². The monoisotopic (exact) mass is 307 g/mol. The summed E-state index contributed by atoms with van der Waals surface area (Å²) in [6, 6.07) is 5.94. The minimum Gasteiger partial charge on any atom is -0.492 e. The molecule has 1 heterocycles. The summed E-state index contributed by atoms with van der Waals surface area (Å²) in [4.78, 5) is 4.20. The highest BCUT2D eigenvalue weighted by molar-refractivity contribution is 5.79. The molecule has 6 heteroatoms. The van der Waals surface area contributed by atoms with Crippen LogP contribution in [-0.4, -0.2) is 39.0 Å². The molecule has 1 aromatic rings. The van der Waals surface area contributed by atoms with Gasteiger partial charge in [-0.1, -0.05) is 13.8 Å². The molecule has 122 valence electrons. The number of ether oxygens (including phenoxy) is 3. The van der Waals surface area contributed by atoms with Gasteiger partial charge in [0.1, 0.15) is 12.4 Å². The fourth-order valence-electron chi connectivity index (χ4n) is 1.88. The zero-order valence-corrected chi connectivity index (χ0v) is 13.7. The standard InChI is InChI=1S/C16H25N3O3/c1-11(2)12(3)19-16(17-4)18-7-8-20-13-5-6-14-15(9-13)22-10-21-14/h5-6,9,11-12H,7-8,10H2,1-4H3,(H2,17,18,19). The molecule has 0 fully saturated rings. The molecule has 2 rings (SSSR count). The molecule has 0 aromatic heterocycles. The van der Waals surface area contributed by atoms with Crippen LogP contribution in [0.15, 0.2) is 23.2 Å². The molecule has 1 aromatic carbocycles. The Bertz CT molecular complexity index is 517. The van der Waals surface area contributed by atoms with Crippen molar-refractivity contribution in [1.29, 1.82) is 0 Å². The van der Waals surface area contributed by atoms with E-state index in [1.807, 2.05) is 18.2 Å². The van der Waals surface area contributed by atoms with E-state index >= 15 is 0 Å². The van der Waals surface area contributed by atoms with Crippen LogP contribution < -0.4 is 24.8 Å². The molecule has 0 aliphatic carbocycles. The van der Waals surface area contributed by atoms with Crippen LogP contribution in [0, 0.1) is 5.92 Å². The van der Waals surface area contributed by atoms with Crippen molar-refractivity contribution >= 4 is 5.96 Å². The van der Waals surface area contributed by atoms with E-state index < -0.39 is 0 Å². The molecular weight excluding hydrogens is 282 g/mol. The van der Waals surface area contributed by atoms with Gasteiger partial charge in [-0.25, -0.2) is 0 Å². The third kappa shape index (κ3) is 4.44. The molecule has 0 amide bonds. The normalized spacial score (nSPS) is 14.9. The molecule has 1 aliphatic rings. The van der Waals surface area contributed by atoms with Gasteiger partial charge in [0, 0.05) is 19.2 Å². The minimum atomic E-state index is 0.274. The first kappa shape index (κ1) is 16.3. The Labute approximate surface area is 131 Å². The van der Waals surface area contributed by atoms with E-state index in [-0.39, 0.29) is 6.79 Å². The molecule has 0 bridgehead atoms. The zero-order valence-electron chi connectivity index (χ0n) is 13.7. The average Bonchev–Trinajstić information content (AvgIpc) is 2.97. The number of hydrogen-bond acceptors (Lipinski definition) is 4. The summed E-state index contributed by atoms with van der Waals surface area (Å²) in [6.45, 7) is 7.97. The second-order valence-electron chi connectivity index (χ2n) is 5.54. The SMILES string of the molecule is CN=C(NCCOc1ccc2c(c1)OCO2)NC(C)C(C)C. The van der Waals surface area contributed by atoms with E-state index in [0.29, 0.717) is 25.1 Å². The number of guanidine groups is 1. The van der Waals surface area contributed by atoms with E-state index in [4.69, 9.17) is 14.2 Å². The molecular formula is C16H25N3O3. The Hall–Kier alpha value is -2.11. The summed E-state index contributed by atoms with van der Waals surface area (Å²) in [5.74, 6) is 3.59. The smallest absolute Gasteiger partial charge is 0.231 e. The predicted octanol–water partition coefficient (Wildman–Crippen LogP) is 2.00. The van der Waals surface area contributed by atoms with Gasteiger partial charge in [-0.3, -0.25) is 4.99 Å². The summed E-state index contributed by atoms with van der Waals surface area (Å²) in [7, 11) is 1.76. The van der Waals surface area contributed by atoms with Crippen molar-refractivity contribution in [3.63, 3.8) is 0 Å². The quantitative estimate of drug-likeness (QED) is 0.478. The van der Waals surface area contributed by atoms with Crippen LogP contribution in [-0.2, 0) is 0 Å². The second-order valence-corrected chi connectivity index (χ2v) is 5.54. The van der Waals surface area contributed by atoms with Crippen LogP contribution in [0.2, 0.25) is 0 Å². The number of fused-ring (bicyclic) bond motifs is 1. The maximum atomic E-state index is 5.70. The van der Waals surface area contributed by atoms with Gasteiger partial charge in [0.25, 0.3) is 0 Å². The van der Waals surface area contributed by atoms with Gasteiger partial charge in [0.2, 0.25) is 6.79 Å². The van der Waals surface area contributed by atoms with E-state index in [1.165, 1.54) is 0 Å². The molecule has 6 nitrogen and oxygen atoms in total. The maximum Gasteiger partial charge on any atom is 0.231 e. The van der Waals surface area contributed by atoms with Gasteiger partial charge in [-0.15, -0.1) is 0 Å². The lowest BCUT2D eigenvalue weighted by Crippen LogP contribution is -2.45. The first-order chi connectivity index (χ1) is 10.6. The number of rotatable bonds is 6. The summed E-state index contributed by atoms with van der Waals surface area (Å²) >= 11 is 0. The summed E-state index contributed by atoms with van der Waals surface area (Å²) in [6.07, 6.45) is 0. The Morgan fingerprint density at radius 1 is 1.27 bits per heavy atom. The van der Waals surface area contributed by atoms with E-state index in [2.05, 4.69) is 36.4 Å². The first-order valence-electron chi connectivity index (χ1n) is 7.59. The Morgan fingerprint density at radius 3 is 2.77 bits per heavy atom. The number of benzene rings is 1. The molecule has 1 unspecified atom stereocenters. The number of nitrogens with zero attached hydrogens (tertiary/aromatic N) is 1. The minimum absolute atomic E-state index is 0.274. The number of nitrogens with one attached hydrogen (secondary N) is 2. The third-order valence-electron chi connectivity index (χ3n) is 3.60. The van der Waals surface area contributed by atoms with E-state index in [1.54, 1.807) is 7.05 Å². The first-order valence-corrected chi connectivity index (χ1v) is 7.59. The Balaban J connectivity index is 1.72. The van der Waals surface area contributed by atoms with Gasteiger partial charge < -0.3 is 24.8 Å². The van der Waals surface area contributed by atoms with Crippen LogP contribution in [0.25, 0.3) is 0 Å². The third-order valence-corrected chi connectivity index (χ3v) is 3.60. The molecule has 0 saturated heterocycles. The summed E-state index contributed by atoms with van der Waals surface area (Å²) in [5.41, 5.74) is 0. The molecule has 0 spiro atoms. The highest BCUT2D eigenvalue weighted by Gasteiger charge is 2.13. The van der Waals surface area contributed by atoms with Crippen molar-refractivity contribution in [2.75, 3.05) is 27.0 Å². The second kappa shape index (κ2) is 7.77. The van der Waals surface area contributed by atoms with Crippen LogP contribution in [0.5, 0.6) is 17.2 Å². The van der Waals surface area contributed by atoms with Gasteiger partial charge in [-0.05, 0) is 25.0 Å². The van der Waals surface area contributed by atoms with Crippen molar-refractivity contribution < 1.29 is 14.2 Å².